The molecule has 15 heavy (non-hydrogen) atoms. The summed E-state index contributed by atoms with van der Waals surface area (Å²) in [4.78, 5) is 0. The molecule has 0 atom stereocenters. The lowest BCUT2D eigenvalue weighted by atomic mass is 10.1. The highest BCUT2D eigenvalue weighted by Crippen LogP contribution is 2.24. The largest absolute Gasteiger partial charge is 0.573 e. The summed E-state index contributed by atoms with van der Waals surface area (Å²) in [6, 6.07) is 3.17. The third-order valence-corrected chi connectivity index (χ3v) is 1.78. The molecule has 0 aliphatic rings. The second-order valence-electron chi connectivity index (χ2n) is 3.05. The van der Waals surface area contributed by atoms with Crippen molar-refractivity contribution in [3.8, 4) is 5.75 Å². The topological polar surface area (TPSA) is 9.23 Å². The van der Waals surface area contributed by atoms with Crippen LogP contribution in [0.15, 0.2) is 18.2 Å². The first-order valence-electron chi connectivity index (χ1n) is 4.46. The fraction of sp³-hybridized carbons (Fsp3) is 0.400. The van der Waals surface area contributed by atoms with Crippen molar-refractivity contribution in [2.24, 2.45) is 0 Å². The van der Waals surface area contributed by atoms with E-state index in [9.17, 15) is 17.6 Å². The van der Waals surface area contributed by atoms with Gasteiger partial charge in [-0.15, -0.1) is 13.2 Å². The molecule has 1 aromatic carbocycles. The van der Waals surface area contributed by atoms with Crippen molar-refractivity contribution in [3.05, 3.63) is 29.6 Å². The van der Waals surface area contributed by atoms with E-state index in [1.165, 1.54) is 6.07 Å². The molecule has 0 aliphatic heterocycles. The molecule has 0 N–H and O–H groups in total. The Bertz CT molecular complexity index is 333. The molecule has 0 fully saturated rings. The molecule has 5 heteroatoms. The summed E-state index contributed by atoms with van der Waals surface area (Å²) in [7, 11) is 0. The number of alkyl halides is 3. The van der Waals surface area contributed by atoms with E-state index in [1.807, 2.05) is 6.92 Å². The summed E-state index contributed by atoms with van der Waals surface area (Å²) in [5.41, 5.74) is 0.395. The molecule has 0 saturated heterocycles. The van der Waals surface area contributed by atoms with Crippen molar-refractivity contribution >= 4 is 0 Å². The molecule has 0 saturated carbocycles. The summed E-state index contributed by atoms with van der Waals surface area (Å²) < 4.78 is 52.1. The Hall–Kier alpha value is -1.26. The quantitative estimate of drug-likeness (QED) is 0.709. The van der Waals surface area contributed by atoms with Crippen LogP contribution in [0, 0.1) is 5.82 Å². The van der Waals surface area contributed by atoms with Crippen molar-refractivity contribution in [1.29, 1.82) is 0 Å². The van der Waals surface area contributed by atoms with Crippen LogP contribution in [0.4, 0.5) is 17.6 Å². The van der Waals surface area contributed by atoms with Crippen LogP contribution in [0.5, 0.6) is 5.75 Å². The van der Waals surface area contributed by atoms with Gasteiger partial charge in [0.2, 0.25) is 0 Å². The first-order chi connectivity index (χ1) is 6.92. The monoisotopic (exact) mass is 222 g/mol. The van der Waals surface area contributed by atoms with Crippen LogP contribution >= 0.6 is 0 Å². The molecule has 0 radical (unpaired) electrons. The first-order valence-corrected chi connectivity index (χ1v) is 4.46. The van der Waals surface area contributed by atoms with Gasteiger partial charge in [-0.25, -0.2) is 4.39 Å². The van der Waals surface area contributed by atoms with E-state index in [-0.39, 0.29) is 0 Å². The molecule has 0 aliphatic carbocycles. The van der Waals surface area contributed by atoms with E-state index in [0.29, 0.717) is 12.0 Å². The fourth-order valence-corrected chi connectivity index (χ4v) is 1.20. The van der Waals surface area contributed by atoms with Gasteiger partial charge in [0, 0.05) is 6.07 Å². The van der Waals surface area contributed by atoms with Crippen LogP contribution in [-0.2, 0) is 6.42 Å². The highest BCUT2D eigenvalue weighted by molar-refractivity contribution is 5.29. The fourth-order valence-electron chi connectivity index (χ4n) is 1.20. The van der Waals surface area contributed by atoms with Crippen LogP contribution in [0.25, 0.3) is 0 Å². The Kier molecular flexibility index (Phi) is 3.55. The predicted molar refractivity (Wildman–Crippen MR) is 47.1 cm³/mol. The van der Waals surface area contributed by atoms with Gasteiger partial charge in [-0.1, -0.05) is 19.4 Å². The third kappa shape index (κ3) is 3.77. The highest BCUT2D eigenvalue weighted by atomic mass is 19.4. The van der Waals surface area contributed by atoms with Gasteiger partial charge >= 0.3 is 6.36 Å². The first kappa shape index (κ1) is 11.8. The van der Waals surface area contributed by atoms with Crippen molar-refractivity contribution in [2.45, 2.75) is 26.1 Å². The van der Waals surface area contributed by atoms with Gasteiger partial charge in [-0.2, -0.15) is 0 Å². The smallest absolute Gasteiger partial charge is 0.406 e. The van der Waals surface area contributed by atoms with Crippen LogP contribution in [0.2, 0.25) is 0 Å². The molecule has 1 aromatic rings. The maximum absolute atomic E-state index is 13.2. The van der Waals surface area contributed by atoms with Gasteiger partial charge in [0.05, 0.1) is 0 Å². The van der Waals surface area contributed by atoms with Gasteiger partial charge < -0.3 is 4.74 Å². The van der Waals surface area contributed by atoms with E-state index in [4.69, 9.17) is 0 Å². The minimum Gasteiger partial charge on any atom is -0.406 e. The van der Waals surface area contributed by atoms with E-state index in [1.54, 1.807) is 0 Å². The Morgan fingerprint density at radius 2 is 1.93 bits per heavy atom. The lowest BCUT2D eigenvalue weighted by Crippen LogP contribution is -2.17. The molecule has 0 aromatic heterocycles. The zero-order valence-electron chi connectivity index (χ0n) is 8.07. The van der Waals surface area contributed by atoms with Crippen LogP contribution in [0.1, 0.15) is 18.9 Å². The van der Waals surface area contributed by atoms with Crippen molar-refractivity contribution in [3.63, 3.8) is 0 Å². The van der Waals surface area contributed by atoms with Crippen LogP contribution in [0.3, 0.4) is 0 Å². The number of hydrogen-bond acceptors (Lipinski definition) is 1. The number of aryl methyl sites for hydroxylation is 1. The molecular formula is C10H10F4O. The number of ether oxygens (including phenoxy) is 1. The number of halogens is 4. The molecule has 0 bridgehead atoms. The predicted octanol–water partition coefficient (Wildman–Crippen LogP) is 3.68. The average Bonchev–Trinajstić information content (AvgIpc) is 2.07. The zero-order chi connectivity index (χ0) is 11.5. The average molecular weight is 222 g/mol. The summed E-state index contributed by atoms with van der Waals surface area (Å²) in [6.45, 7) is 1.86. The molecule has 0 unspecified atom stereocenters. The maximum Gasteiger partial charge on any atom is 0.573 e. The lowest BCUT2D eigenvalue weighted by molar-refractivity contribution is -0.274. The van der Waals surface area contributed by atoms with E-state index >= 15 is 0 Å². The van der Waals surface area contributed by atoms with E-state index < -0.39 is 17.9 Å². The Labute approximate surface area is 84.7 Å². The molecule has 0 heterocycles. The minimum atomic E-state index is -4.78. The lowest BCUT2D eigenvalue weighted by Gasteiger charge is -2.09. The van der Waals surface area contributed by atoms with Crippen molar-refractivity contribution in [1.82, 2.24) is 0 Å². The summed E-state index contributed by atoms with van der Waals surface area (Å²) in [6.07, 6.45) is -3.55. The van der Waals surface area contributed by atoms with Crippen molar-refractivity contribution < 1.29 is 22.3 Å². The van der Waals surface area contributed by atoms with Gasteiger partial charge in [-0.05, 0) is 18.1 Å². The molecule has 84 valence electrons. The SMILES string of the molecule is CCCc1ccc(OC(F)(F)F)cc1F. The second-order valence-corrected chi connectivity index (χ2v) is 3.05. The molecule has 1 rings (SSSR count). The van der Waals surface area contributed by atoms with Crippen LogP contribution < -0.4 is 4.74 Å². The molecule has 1 nitrogen and oxygen atoms in total. The Morgan fingerprint density at radius 1 is 1.27 bits per heavy atom. The Balaban J connectivity index is 2.82. The minimum absolute atomic E-state index is 0.395. The standard InChI is InChI=1S/C10H10F4O/c1-2-3-7-4-5-8(6-9(7)11)15-10(12,13)14/h4-6H,2-3H2,1H3. The molecular weight excluding hydrogens is 212 g/mol. The molecule has 0 amide bonds. The summed E-state index contributed by atoms with van der Waals surface area (Å²) in [5.74, 6) is -1.20. The van der Waals surface area contributed by atoms with Gasteiger partial charge in [0.15, 0.2) is 0 Å². The highest BCUT2D eigenvalue weighted by Gasteiger charge is 2.31. The second kappa shape index (κ2) is 4.51. The number of benzene rings is 1. The summed E-state index contributed by atoms with van der Waals surface area (Å²) in [5, 5.41) is 0. The normalized spacial score (nSPS) is 11.5. The van der Waals surface area contributed by atoms with E-state index in [2.05, 4.69) is 4.74 Å². The van der Waals surface area contributed by atoms with Gasteiger partial charge in [-0.3, -0.25) is 0 Å². The van der Waals surface area contributed by atoms with E-state index in [0.717, 1.165) is 18.6 Å². The Morgan fingerprint density at radius 3 is 2.40 bits per heavy atom. The third-order valence-electron chi connectivity index (χ3n) is 1.78. The zero-order valence-corrected chi connectivity index (χ0v) is 8.07. The number of rotatable bonds is 3. The maximum atomic E-state index is 13.2. The van der Waals surface area contributed by atoms with Gasteiger partial charge in [0.1, 0.15) is 11.6 Å². The van der Waals surface area contributed by atoms with Gasteiger partial charge in [0.25, 0.3) is 0 Å². The number of hydrogen-bond donors (Lipinski definition) is 0. The molecule has 0 spiro atoms. The van der Waals surface area contributed by atoms with Crippen LogP contribution in [-0.4, -0.2) is 6.36 Å². The van der Waals surface area contributed by atoms with Crippen molar-refractivity contribution in [2.75, 3.05) is 0 Å². The summed E-state index contributed by atoms with van der Waals surface area (Å²) >= 11 is 0.